The number of aromatic nitrogens is 2. The lowest BCUT2D eigenvalue weighted by molar-refractivity contribution is 0.674. The maximum absolute atomic E-state index is 4.88. The summed E-state index contributed by atoms with van der Waals surface area (Å²) in [5.74, 6) is 5.79. The molecular weight excluding hydrogens is 280 g/mol. The highest BCUT2D eigenvalue weighted by molar-refractivity contribution is 7.99. The summed E-state index contributed by atoms with van der Waals surface area (Å²) in [4.78, 5) is 12.1. The number of rotatable bonds is 5. The van der Waals surface area contributed by atoms with Crippen LogP contribution in [0.2, 0.25) is 0 Å². The maximum Gasteiger partial charge on any atom is 0.137 e. The normalized spacial score (nSPS) is 19.1. The molecule has 0 radical (unpaired) electrons. The highest BCUT2D eigenvalue weighted by atomic mass is 32.2. The SMILES string of the molecule is CCCNc1nc(C(C)C)nc(N2CCSCC2C)c1C. The highest BCUT2D eigenvalue weighted by Crippen LogP contribution is 2.30. The third-order valence-corrected chi connectivity index (χ3v) is 5.03. The molecule has 4 nitrogen and oxygen atoms in total. The second-order valence-electron chi connectivity index (χ2n) is 6.08. The lowest BCUT2D eigenvalue weighted by Gasteiger charge is -2.35. The van der Waals surface area contributed by atoms with Gasteiger partial charge in [0, 0.05) is 42.1 Å². The van der Waals surface area contributed by atoms with Crippen LogP contribution in [0.3, 0.4) is 0 Å². The molecular formula is C16H28N4S. The molecule has 1 saturated heterocycles. The van der Waals surface area contributed by atoms with Gasteiger partial charge in [-0.15, -0.1) is 0 Å². The Morgan fingerprint density at radius 2 is 2.14 bits per heavy atom. The topological polar surface area (TPSA) is 41.1 Å². The molecule has 0 bridgehead atoms. The van der Waals surface area contributed by atoms with Gasteiger partial charge in [0.1, 0.15) is 17.5 Å². The maximum atomic E-state index is 4.88. The van der Waals surface area contributed by atoms with E-state index in [-0.39, 0.29) is 0 Å². The molecule has 0 spiro atoms. The van der Waals surface area contributed by atoms with Crippen molar-refractivity contribution in [3.63, 3.8) is 0 Å². The second-order valence-corrected chi connectivity index (χ2v) is 7.23. The summed E-state index contributed by atoms with van der Waals surface area (Å²) in [5.41, 5.74) is 1.19. The molecule has 0 aliphatic carbocycles. The van der Waals surface area contributed by atoms with Gasteiger partial charge in [0.25, 0.3) is 0 Å². The molecule has 1 aliphatic heterocycles. The first kappa shape index (κ1) is 16.4. The smallest absolute Gasteiger partial charge is 0.137 e. The Morgan fingerprint density at radius 1 is 1.38 bits per heavy atom. The van der Waals surface area contributed by atoms with Gasteiger partial charge in [0.2, 0.25) is 0 Å². The van der Waals surface area contributed by atoms with E-state index in [2.05, 4.69) is 44.8 Å². The molecule has 1 aliphatic rings. The minimum Gasteiger partial charge on any atom is -0.370 e. The molecule has 1 aromatic heterocycles. The number of nitrogens with one attached hydrogen (secondary N) is 1. The summed E-state index contributed by atoms with van der Waals surface area (Å²) >= 11 is 2.04. The van der Waals surface area contributed by atoms with E-state index in [4.69, 9.17) is 9.97 Å². The van der Waals surface area contributed by atoms with E-state index in [1.54, 1.807) is 0 Å². The first-order chi connectivity index (χ1) is 10.0. The number of nitrogens with zero attached hydrogens (tertiary/aromatic N) is 3. The van der Waals surface area contributed by atoms with Crippen molar-refractivity contribution in [2.24, 2.45) is 0 Å². The van der Waals surface area contributed by atoms with Crippen molar-refractivity contribution < 1.29 is 0 Å². The molecule has 1 aromatic rings. The lowest BCUT2D eigenvalue weighted by atomic mass is 10.1. The van der Waals surface area contributed by atoms with Gasteiger partial charge in [-0.05, 0) is 20.3 Å². The Morgan fingerprint density at radius 3 is 2.76 bits per heavy atom. The van der Waals surface area contributed by atoms with Crippen molar-refractivity contribution in [1.82, 2.24) is 9.97 Å². The van der Waals surface area contributed by atoms with Crippen molar-refractivity contribution in [3.8, 4) is 0 Å². The third-order valence-electron chi connectivity index (χ3n) is 3.84. The molecule has 1 unspecified atom stereocenters. The summed E-state index contributed by atoms with van der Waals surface area (Å²) in [6.45, 7) is 13.0. The molecule has 21 heavy (non-hydrogen) atoms. The first-order valence-electron chi connectivity index (χ1n) is 8.01. The molecule has 0 amide bonds. The van der Waals surface area contributed by atoms with Crippen molar-refractivity contribution in [3.05, 3.63) is 11.4 Å². The van der Waals surface area contributed by atoms with Crippen LogP contribution in [0, 0.1) is 6.92 Å². The summed E-state index contributed by atoms with van der Waals surface area (Å²) < 4.78 is 0. The van der Waals surface area contributed by atoms with Gasteiger partial charge in [-0.3, -0.25) is 0 Å². The number of hydrogen-bond donors (Lipinski definition) is 1. The van der Waals surface area contributed by atoms with Crippen LogP contribution in [0.1, 0.15) is 51.4 Å². The average molecular weight is 308 g/mol. The van der Waals surface area contributed by atoms with Crippen LogP contribution in [0.5, 0.6) is 0 Å². The van der Waals surface area contributed by atoms with Crippen LogP contribution in [0.15, 0.2) is 0 Å². The minimum atomic E-state index is 0.348. The Labute approximate surface area is 133 Å². The Bertz CT molecular complexity index is 476. The molecule has 1 fully saturated rings. The van der Waals surface area contributed by atoms with E-state index < -0.39 is 0 Å². The van der Waals surface area contributed by atoms with Crippen LogP contribution < -0.4 is 10.2 Å². The minimum absolute atomic E-state index is 0.348. The monoisotopic (exact) mass is 308 g/mol. The van der Waals surface area contributed by atoms with Gasteiger partial charge in [0.05, 0.1) is 0 Å². The van der Waals surface area contributed by atoms with Crippen LogP contribution in [0.4, 0.5) is 11.6 Å². The van der Waals surface area contributed by atoms with Gasteiger partial charge < -0.3 is 10.2 Å². The van der Waals surface area contributed by atoms with E-state index >= 15 is 0 Å². The molecule has 1 atom stereocenters. The van der Waals surface area contributed by atoms with Crippen molar-refractivity contribution in [1.29, 1.82) is 0 Å². The summed E-state index contributed by atoms with van der Waals surface area (Å²) in [6.07, 6.45) is 1.10. The Kier molecular flexibility index (Phi) is 5.73. The fourth-order valence-corrected chi connectivity index (χ4v) is 3.53. The Hall–Kier alpha value is -0.970. The molecule has 118 valence electrons. The third kappa shape index (κ3) is 3.82. The van der Waals surface area contributed by atoms with Gasteiger partial charge >= 0.3 is 0 Å². The highest BCUT2D eigenvalue weighted by Gasteiger charge is 2.24. The molecule has 2 rings (SSSR count). The van der Waals surface area contributed by atoms with E-state index in [0.717, 1.165) is 37.0 Å². The van der Waals surface area contributed by atoms with E-state index in [1.165, 1.54) is 17.1 Å². The van der Waals surface area contributed by atoms with E-state index in [0.29, 0.717) is 12.0 Å². The van der Waals surface area contributed by atoms with Crippen LogP contribution in [0.25, 0.3) is 0 Å². The molecule has 5 heteroatoms. The van der Waals surface area contributed by atoms with Crippen molar-refractivity contribution >= 4 is 23.4 Å². The van der Waals surface area contributed by atoms with E-state index in [9.17, 15) is 0 Å². The first-order valence-corrected chi connectivity index (χ1v) is 9.16. The number of hydrogen-bond acceptors (Lipinski definition) is 5. The zero-order chi connectivity index (χ0) is 15.4. The zero-order valence-corrected chi connectivity index (χ0v) is 14.8. The average Bonchev–Trinajstić information content (AvgIpc) is 2.47. The summed E-state index contributed by atoms with van der Waals surface area (Å²) in [6, 6.07) is 0.538. The van der Waals surface area contributed by atoms with Gasteiger partial charge in [-0.2, -0.15) is 11.8 Å². The summed E-state index contributed by atoms with van der Waals surface area (Å²) in [5, 5.41) is 3.47. The number of thioether (sulfide) groups is 1. The van der Waals surface area contributed by atoms with E-state index in [1.807, 2.05) is 11.8 Å². The quantitative estimate of drug-likeness (QED) is 0.899. The van der Waals surface area contributed by atoms with Gasteiger partial charge in [-0.25, -0.2) is 9.97 Å². The largest absolute Gasteiger partial charge is 0.370 e. The number of anilines is 2. The fourth-order valence-electron chi connectivity index (χ4n) is 2.52. The predicted molar refractivity (Wildman–Crippen MR) is 93.8 cm³/mol. The fraction of sp³-hybridized carbons (Fsp3) is 0.750. The molecule has 0 saturated carbocycles. The van der Waals surface area contributed by atoms with Crippen LogP contribution in [-0.4, -0.2) is 40.6 Å². The van der Waals surface area contributed by atoms with Gasteiger partial charge in [0.15, 0.2) is 0 Å². The van der Waals surface area contributed by atoms with Crippen LogP contribution >= 0.6 is 11.8 Å². The standard InChI is InChI=1S/C16H28N4S/c1-6-7-17-15-13(5)16(19-14(18-15)11(2)3)20-8-9-21-10-12(20)4/h11-12H,6-10H2,1-5H3,(H,17,18,19). The second kappa shape index (κ2) is 7.34. The predicted octanol–water partition coefficient (Wildman–Crippen LogP) is 3.67. The lowest BCUT2D eigenvalue weighted by Crippen LogP contribution is -2.41. The van der Waals surface area contributed by atoms with Crippen molar-refractivity contribution in [2.45, 2.75) is 53.0 Å². The molecule has 2 heterocycles. The summed E-state index contributed by atoms with van der Waals surface area (Å²) in [7, 11) is 0. The van der Waals surface area contributed by atoms with Crippen molar-refractivity contribution in [2.75, 3.05) is 34.8 Å². The van der Waals surface area contributed by atoms with Crippen LogP contribution in [-0.2, 0) is 0 Å². The zero-order valence-electron chi connectivity index (χ0n) is 13.9. The Balaban J connectivity index is 2.39. The molecule has 0 aromatic carbocycles. The molecule has 1 N–H and O–H groups in total. The van der Waals surface area contributed by atoms with Gasteiger partial charge in [-0.1, -0.05) is 20.8 Å².